The van der Waals surface area contributed by atoms with Crippen LogP contribution in [0.15, 0.2) is 36.7 Å². The minimum atomic E-state index is 0.0394. The third-order valence-corrected chi connectivity index (χ3v) is 4.91. The fourth-order valence-corrected chi connectivity index (χ4v) is 3.56. The minimum Gasteiger partial charge on any atom is -0.492 e. The van der Waals surface area contributed by atoms with E-state index in [1.165, 1.54) is 17.5 Å². The van der Waals surface area contributed by atoms with Crippen LogP contribution in [0.4, 0.5) is 0 Å². The average Bonchev–Trinajstić information content (AvgIpc) is 3.15. The van der Waals surface area contributed by atoms with Crippen molar-refractivity contribution in [2.45, 2.75) is 30.7 Å². The van der Waals surface area contributed by atoms with E-state index in [2.05, 4.69) is 29.2 Å². The van der Waals surface area contributed by atoms with Crippen molar-refractivity contribution in [1.29, 1.82) is 0 Å². The number of rotatable bonds is 6. The highest BCUT2D eigenvalue weighted by Gasteiger charge is 2.28. The second-order valence-electron chi connectivity index (χ2n) is 6.36. The molecule has 1 aromatic carbocycles. The first-order valence-electron chi connectivity index (χ1n) is 8.15. The van der Waals surface area contributed by atoms with Crippen molar-refractivity contribution in [2.75, 3.05) is 20.2 Å². The van der Waals surface area contributed by atoms with Gasteiger partial charge in [0.25, 0.3) is 0 Å². The Morgan fingerprint density at radius 3 is 2.65 bits per heavy atom. The molecule has 0 amide bonds. The number of aromatic nitrogens is 2. The summed E-state index contributed by atoms with van der Waals surface area (Å²) in [4.78, 5) is 2.33. The van der Waals surface area contributed by atoms with Crippen molar-refractivity contribution in [1.82, 2.24) is 14.7 Å². The molecule has 0 aliphatic carbocycles. The van der Waals surface area contributed by atoms with Gasteiger partial charge in [-0.15, -0.1) is 11.6 Å². The fourth-order valence-electron chi connectivity index (χ4n) is 3.18. The van der Waals surface area contributed by atoms with Crippen LogP contribution < -0.4 is 4.74 Å². The summed E-state index contributed by atoms with van der Waals surface area (Å²) in [5.41, 5.74) is 2.47. The van der Waals surface area contributed by atoms with E-state index in [0.29, 0.717) is 12.6 Å². The highest BCUT2D eigenvalue weighted by molar-refractivity contribution is 6.21. The summed E-state index contributed by atoms with van der Waals surface area (Å²) in [7, 11) is 4.07. The first-order valence-corrected chi connectivity index (χ1v) is 8.59. The normalized spacial score (nSPS) is 19.9. The molecule has 1 aliphatic heterocycles. The number of halogens is 1. The van der Waals surface area contributed by atoms with E-state index in [-0.39, 0.29) is 5.38 Å². The molecule has 1 saturated heterocycles. The van der Waals surface area contributed by atoms with Crippen LogP contribution in [0, 0.1) is 0 Å². The molecule has 1 fully saturated rings. The molecule has 0 N–H and O–H groups in total. The Morgan fingerprint density at radius 2 is 2.04 bits per heavy atom. The van der Waals surface area contributed by atoms with E-state index in [4.69, 9.17) is 16.3 Å². The van der Waals surface area contributed by atoms with Gasteiger partial charge in [0.2, 0.25) is 0 Å². The van der Waals surface area contributed by atoms with Crippen molar-refractivity contribution in [3.63, 3.8) is 0 Å². The third kappa shape index (κ3) is 4.27. The smallest absolute Gasteiger partial charge is 0.119 e. The van der Waals surface area contributed by atoms with Crippen molar-refractivity contribution in [3.8, 4) is 5.75 Å². The molecule has 2 unspecified atom stereocenters. The second kappa shape index (κ2) is 7.37. The van der Waals surface area contributed by atoms with Crippen LogP contribution in [0.3, 0.4) is 0 Å². The van der Waals surface area contributed by atoms with E-state index in [0.717, 1.165) is 25.1 Å². The minimum absolute atomic E-state index is 0.0394. The highest BCUT2D eigenvalue weighted by atomic mass is 35.5. The number of ether oxygens (including phenoxy) is 1. The summed E-state index contributed by atoms with van der Waals surface area (Å²) in [6, 6.07) is 8.68. The van der Waals surface area contributed by atoms with Crippen LogP contribution in [0.5, 0.6) is 5.75 Å². The Labute approximate surface area is 143 Å². The predicted molar refractivity (Wildman–Crippen MR) is 93.2 cm³/mol. The molecule has 124 valence electrons. The Kier molecular flexibility index (Phi) is 5.23. The number of aryl methyl sites for hydroxylation is 1. The van der Waals surface area contributed by atoms with E-state index in [1.807, 2.05) is 36.3 Å². The maximum absolute atomic E-state index is 6.50. The van der Waals surface area contributed by atoms with Gasteiger partial charge in [-0.05, 0) is 49.7 Å². The van der Waals surface area contributed by atoms with Crippen LogP contribution >= 0.6 is 11.6 Å². The van der Waals surface area contributed by atoms with E-state index >= 15 is 0 Å². The zero-order chi connectivity index (χ0) is 16.2. The molecular formula is C18H24ClN3O. The molecule has 23 heavy (non-hydrogen) atoms. The van der Waals surface area contributed by atoms with Crippen LogP contribution in [-0.2, 0) is 13.5 Å². The standard InChI is InChI=1S/C18H24ClN3O/c1-21-9-3-4-18(21)17(19)13-23-16-7-5-14(6-8-16)10-15-11-20-22(2)12-15/h5-8,11-12,17-18H,3-4,9-10,13H2,1-2H3. The van der Waals surface area contributed by atoms with Crippen molar-refractivity contribution >= 4 is 11.6 Å². The van der Waals surface area contributed by atoms with Gasteiger partial charge in [-0.2, -0.15) is 5.10 Å². The Bertz CT molecular complexity index is 625. The van der Waals surface area contributed by atoms with Gasteiger partial charge >= 0.3 is 0 Å². The van der Waals surface area contributed by atoms with Gasteiger partial charge in [0.05, 0.1) is 11.6 Å². The number of hydrogen-bond acceptors (Lipinski definition) is 3. The molecular weight excluding hydrogens is 310 g/mol. The maximum Gasteiger partial charge on any atom is 0.119 e. The molecule has 0 spiro atoms. The van der Waals surface area contributed by atoms with E-state index < -0.39 is 0 Å². The monoisotopic (exact) mass is 333 g/mol. The molecule has 1 aromatic heterocycles. The first-order chi connectivity index (χ1) is 11.1. The van der Waals surface area contributed by atoms with Gasteiger partial charge in [0, 0.05) is 25.7 Å². The lowest BCUT2D eigenvalue weighted by atomic mass is 10.1. The third-order valence-electron chi connectivity index (χ3n) is 4.49. The topological polar surface area (TPSA) is 30.3 Å². The van der Waals surface area contributed by atoms with Gasteiger partial charge in [-0.3, -0.25) is 4.68 Å². The lowest BCUT2D eigenvalue weighted by Gasteiger charge is -2.24. The summed E-state index contributed by atoms with van der Waals surface area (Å²) in [6.45, 7) is 1.69. The summed E-state index contributed by atoms with van der Waals surface area (Å²) in [5, 5.41) is 4.24. The number of alkyl halides is 1. The summed E-state index contributed by atoms with van der Waals surface area (Å²) < 4.78 is 7.69. The van der Waals surface area contributed by atoms with Crippen LogP contribution in [0.2, 0.25) is 0 Å². The number of nitrogens with zero attached hydrogens (tertiary/aromatic N) is 3. The molecule has 3 rings (SSSR count). The molecule has 5 heteroatoms. The van der Waals surface area contributed by atoms with Crippen LogP contribution in [0.1, 0.15) is 24.0 Å². The van der Waals surface area contributed by atoms with Gasteiger partial charge < -0.3 is 9.64 Å². The average molecular weight is 334 g/mol. The fraction of sp³-hybridized carbons (Fsp3) is 0.500. The zero-order valence-corrected chi connectivity index (χ0v) is 14.5. The summed E-state index contributed by atoms with van der Waals surface area (Å²) >= 11 is 6.50. The van der Waals surface area contributed by atoms with Crippen molar-refractivity contribution in [2.24, 2.45) is 7.05 Å². The second-order valence-corrected chi connectivity index (χ2v) is 6.92. The van der Waals surface area contributed by atoms with Gasteiger partial charge in [-0.25, -0.2) is 0 Å². The molecule has 0 bridgehead atoms. The lowest BCUT2D eigenvalue weighted by molar-refractivity contribution is 0.238. The van der Waals surface area contributed by atoms with Crippen molar-refractivity contribution < 1.29 is 4.74 Å². The molecule has 2 atom stereocenters. The zero-order valence-electron chi connectivity index (χ0n) is 13.8. The van der Waals surface area contributed by atoms with Gasteiger partial charge in [-0.1, -0.05) is 12.1 Å². The SMILES string of the molecule is CN1CCCC1C(Cl)COc1ccc(Cc2cnn(C)c2)cc1. The van der Waals surface area contributed by atoms with Gasteiger partial charge in [0.1, 0.15) is 12.4 Å². The molecule has 2 heterocycles. The Balaban J connectivity index is 1.51. The summed E-state index contributed by atoms with van der Waals surface area (Å²) in [6.07, 6.45) is 7.23. The van der Waals surface area contributed by atoms with Gasteiger partial charge in [0.15, 0.2) is 0 Å². The number of benzene rings is 1. The molecule has 1 aliphatic rings. The largest absolute Gasteiger partial charge is 0.492 e. The lowest BCUT2D eigenvalue weighted by Crippen LogP contribution is -2.36. The highest BCUT2D eigenvalue weighted by Crippen LogP contribution is 2.23. The quantitative estimate of drug-likeness (QED) is 0.761. The molecule has 0 saturated carbocycles. The molecule has 4 nitrogen and oxygen atoms in total. The van der Waals surface area contributed by atoms with E-state index in [1.54, 1.807) is 0 Å². The molecule has 0 radical (unpaired) electrons. The van der Waals surface area contributed by atoms with E-state index in [9.17, 15) is 0 Å². The van der Waals surface area contributed by atoms with Crippen LogP contribution in [0.25, 0.3) is 0 Å². The Morgan fingerprint density at radius 1 is 1.26 bits per heavy atom. The summed E-state index contributed by atoms with van der Waals surface area (Å²) in [5.74, 6) is 0.881. The van der Waals surface area contributed by atoms with Crippen LogP contribution in [-0.4, -0.2) is 46.3 Å². The molecule has 2 aromatic rings. The van der Waals surface area contributed by atoms with Crippen molar-refractivity contribution in [3.05, 3.63) is 47.8 Å². The number of hydrogen-bond donors (Lipinski definition) is 0. The number of likely N-dealkylation sites (tertiary alicyclic amines) is 1. The Hall–Kier alpha value is -1.52. The predicted octanol–water partition coefficient (Wildman–Crippen LogP) is 3.09. The first kappa shape index (κ1) is 16.3. The maximum atomic E-state index is 6.50.